The molecule has 0 aromatic heterocycles. The molecule has 2 aliphatic rings. The lowest BCUT2D eigenvalue weighted by atomic mass is 10.0. The van der Waals surface area contributed by atoms with E-state index in [4.69, 9.17) is 14.2 Å². The third kappa shape index (κ3) is 3.43. The van der Waals surface area contributed by atoms with Gasteiger partial charge < -0.3 is 34.6 Å². The van der Waals surface area contributed by atoms with Crippen molar-refractivity contribution in [2.45, 2.75) is 75.9 Å². The van der Waals surface area contributed by atoms with Gasteiger partial charge in [0, 0.05) is 12.8 Å². The second kappa shape index (κ2) is 6.01. The SMILES string of the molecule is C[C@H]1O[C@@H](O[C@H]2[C@@H](O)CC(O)O[C@@H]2C)C[C@H](O)[C@@H]1O. The molecule has 0 radical (unpaired) electrons. The summed E-state index contributed by atoms with van der Waals surface area (Å²) in [6.45, 7) is 3.33. The lowest BCUT2D eigenvalue weighted by molar-refractivity contribution is -0.306. The summed E-state index contributed by atoms with van der Waals surface area (Å²) in [6.07, 6.45) is -5.89. The lowest BCUT2D eigenvalue weighted by Gasteiger charge is -2.41. The summed E-state index contributed by atoms with van der Waals surface area (Å²) >= 11 is 0. The van der Waals surface area contributed by atoms with E-state index in [2.05, 4.69) is 0 Å². The van der Waals surface area contributed by atoms with Crippen LogP contribution < -0.4 is 0 Å². The van der Waals surface area contributed by atoms with Crippen LogP contribution in [0.3, 0.4) is 0 Å². The Morgan fingerprint density at radius 3 is 2.16 bits per heavy atom. The molecule has 0 aromatic carbocycles. The molecule has 4 N–H and O–H groups in total. The zero-order valence-corrected chi connectivity index (χ0v) is 11.0. The van der Waals surface area contributed by atoms with Crippen LogP contribution in [0.15, 0.2) is 0 Å². The Balaban J connectivity index is 1.93. The molecule has 2 rings (SSSR count). The van der Waals surface area contributed by atoms with E-state index in [-0.39, 0.29) is 12.8 Å². The van der Waals surface area contributed by atoms with Gasteiger partial charge in [-0.2, -0.15) is 0 Å². The van der Waals surface area contributed by atoms with E-state index in [0.29, 0.717) is 0 Å². The molecule has 2 fully saturated rings. The standard InChI is InChI=1S/C12H22O7/c1-5-11(16)7(13)4-10(18-5)19-12-6(2)17-9(15)3-8(12)14/h5-16H,3-4H2,1-2H3/t5-,6-,7+,8+,9?,10+,11-,12-/m1/s1. The maximum atomic E-state index is 9.89. The van der Waals surface area contributed by atoms with Crippen LogP contribution in [0, 0.1) is 0 Å². The van der Waals surface area contributed by atoms with Gasteiger partial charge in [0.15, 0.2) is 12.6 Å². The van der Waals surface area contributed by atoms with Crippen molar-refractivity contribution < 1.29 is 34.6 Å². The molecule has 0 amide bonds. The van der Waals surface area contributed by atoms with Crippen molar-refractivity contribution >= 4 is 0 Å². The molecule has 2 saturated heterocycles. The largest absolute Gasteiger partial charge is 0.390 e. The molecule has 0 aliphatic carbocycles. The highest BCUT2D eigenvalue weighted by Crippen LogP contribution is 2.27. The van der Waals surface area contributed by atoms with E-state index in [1.54, 1.807) is 13.8 Å². The summed E-state index contributed by atoms with van der Waals surface area (Å²) in [5, 5.41) is 38.5. The van der Waals surface area contributed by atoms with Gasteiger partial charge in [0.05, 0.1) is 24.4 Å². The summed E-state index contributed by atoms with van der Waals surface area (Å²) in [5.41, 5.74) is 0. The number of aliphatic hydroxyl groups is 4. The maximum absolute atomic E-state index is 9.89. The number of hydrogen-bond acceptors (Lipinski definition) is 7. The molecule has 19 heavy (non-hydrogen) atoms. The van der Waals surface area contributed by atoms with E-state index in [9.17, 15) is 20.4 Å². The van der Waals surface area contributed by atoms with E-state index in [1.807, 2.05) is 0 Å². The first-order chi connectivity index (χ1) is 8.88. The Kier molecular flexibility index (Phi) is 4.78. The topological polar surface area (TPSA) is 109 Å². The third-order valence-electron chi connectivity index (χ3n) is 3.64. The van der Waals surface area contributed by atoms with Gasteiger partial charge in [0.2, 0.25) is 0 Å². The molecule has 0 spiro atoms. The van der Waals surface area contributed by atoms with Crippen LogP contribution >= 0.6 is 0 Å². The quantitative estimate of drug-likeness (QED) is 0.498. The van der Waals surface area contributed by atoms with E-state index in [0.717, 1.165) is 0 Å². The van der Waals surface area contributed by atoms with Crippen LogP contribution in [0.25, 0.3) is 0 Å². The van der Waals surface area contributed by atoms with Gasteiger partial charge in [-0.05, 0) is 13.8 Å². The lowest BCUT2D eigenvalue weighted by Crippen LogP contribution is -2.53. The molecule has 7 heteroatoms. The second-order valence-electron chi connectivity index (χ2n) is 5.26. The molecule has 0 aromatic rings. The van der Waals surface area contributed by atoms with Crippen molar-refractivity contribution in [2.24, 2.45) is 0 Å². The van der Waals surface area contributed by atoms with Crippen molar-refractivity contribution in [3.8, 4) is 0 Å². The Bertz CT molecular complexity index is 276. The minimum atomic E-state index is -0.997. The van der Waals surface area contributed by atoms with Crippen LogP contribution in [0.1, 0.15) is 26.7 Å². The van der Waals surface area contributed by atoms with Crippen LogP contribution in [0.5, 0.6) is 0 Å². The predicted octanol–water partition coefficient (Wildman–Crippen LogP) is -1.28. The van der Waals surface area contributed by atoms with Crippen LogP contribution in [-0.4, -0.2) is 69.6 Å². The monoisotopic (exact) mass is 278 g/mol. The van der Waals surface area contributed by atoms with E-state index >= 15 is 0 Å². The summed E-state index contributed by atoms with van der Waals surface area (Å²) in [6, 6.07) is 0. The fourth-order valence-corrected chi connectivity index (χ4v) is 2.52. The van der Waals surface area contributed by atoms with Crippen LogP contribution in [0.4, 0.5) is 0 Å². The van der Waals surface area contributed by atoms with Gasteiger partial charge in [0.25, 0.3) is 0 Å². The molecule has 2 aliphatic heterocycles. The molecule has 8 atom stereocenters. The maximum Gasteiger partial charge on any atom is 0.161 e. The number of ether oxygens (including phenoxy) is 3. The minimum absolute atomic E-state index is 0.0719. The van der Waals surface area contributed by atoms with Gasteiger partial charge in [-0.1, -0.05) is 0 Å². The highest BCUT2D eigenvalue weighted by molar-refractivity contribution is 4.84. The Morgan fingerprint density at radius 1 is 0.895 bits per heavy atom. The Labute approximate surface area is 111 Å². The molecule has 7 nitrogen and oxygen atoms in total. The van der Waals surface area contributed by atoms with E-state index in [1.165, 1.54) is 0 Å². The molecule has 2 heterocycles. The Hall–Kier alpha value is -0.280. The Morgan fingerprint density at radius 2 is 1.58 bits per heavy atom. The highest BCUT2D eigenvalue weighted by atomic mass is 16.7. The summed E-state index contributed by atoms with van der Waals surface area (Å²) < 4.78 is 16.2. The van der Waals surface area contributed by atoms with Gasteiger partial charge in [0.1, 0.15) is 12.2 Å². The van der Waals surface area contributed by atoms with Gasteiger partial charge >= 0.3 is 0 Å². The number of rotatable bonds is 2. The molecular formula is C12H22O7. The normalized spacial score (nSPS) is 52.1. The molecule has 0 bridgehead atoms. The zero-order chi connectivity index (χ0) is 14.2. The average molecular weight is 278 g/mol. The fourth-order valence-electron chi connectivity index (χ4n) is 2.52. The van der Waals surface area contributed by atoms with Crippen molar-refractivity contribution in [3.63, 3.8) is 0 Å². The molecule has 1 unspecified atom stereocenters. The predicted molar refractivity (Wildman–Crippen MR) is 63.0 cm³/mol. The number of hydrogen-bond donors (Lipinski definition) is 4. The average Bonchev–Trinajstić information content (AvgIpc) is 2.30. The molecule has 0 saturated carbocycles. The first kappa shape index (κ1) is 15.1. The number of aliphatic hydroxyl groups excluding tert-OH is 4. The van der Waals surface area contributed by atoms with Gasteiger partial charge in [-0.15, -0.1) is 0 Å². The smallest absolute Gasteiger partial charge is 0.161 e. The first-order valence-corrected chi connectivity index (χ1v) is 6.57. The van der Waals surface area contributed by atoms with Crippen LogP contribution in [-0.2, 0) is 14.2 Å². The summed E-state index contributed by atoms with van der Waals surface area (Å²) in [7, 11) is 0. The summed E-state index contributed by atoms with van der Waals surface area (Å²) in [5.74, 6) is 0. The van der Waals surface area contributed by atoms with Crippen LogP contribution in [0.2, 0.25) is 0 Å². The highest BCUT2D eigenvalue weighted by Gasteiger charge is 2.41. The zero-order valence-electron chi connectivity index (χ0n) is 11.0. The van der Waals surface area contributed by atoms with Gasteiger partial charge in [-0.3, -0.25) is 0 Å². The van der Waals surface area contributed by atoms with Crippen molar-refractivity contribution in [2.75, 3.05) is 0 Å². The van der Waals surface area contributed by atoms with Crippen molar-refractivity contribution in [3.05, 3.63) is 0 Å². The van der Waals surface area contributed by atoms with Crippen molar-refractivity contribution in [1.29, 1.82) is 0 Å². The fraction of sp³-hybridized carbons (Fsp3) is 1.00. The van der Waals surface area contributed by atoms with Crippen molar-refractivity contribution in [1.82, 2.24) is 0 Å². The summed E-state index contributed by atoms with van der Waals surface area (Å²) in [4.78, 5) is 0. The minimum Gasteiger partial charge on any atom is -0.390 e. The third-order valence-corrected chi connectivity index (χ3v) is 3.64. The molecule has 112 valence electrons. The second-order valence-corrected chi connectivity index (χ2v) is 5.26. The van der Waals surface area contributed by atoms with E-state index < -0.39 is 49.2 Å². The first-order valence-electron chi connectivity index (χ1n) is 6.57. The van der Waals surface area contributed by atoms with Gasteiger partial charge in [-0.25, -0.2) is 0 Å². The molecular weight excluding hydrogens is 256 g/mol.